The number of allylic oxidation sites excluding steroid dienone is 20. The van der Waals surface area contributed by atoms with Crippen LogP contribution in [0.5, 0.6) is 0 Å². The highest BCUT2D eigenvalue weighted by Crippen LogP contribution is 2.41. The monoisotopic (exact) mass is 566 g/mol. The summed E-state index contributed by atoms with van der Waals surface area (Å²) in [7, 11) is 0. The Bertz CT molecular complexity index is 1460. The third-order valence-electron chi connectivity index (χ3n) is 7.88. The molecule has 0 amide bonds. The molecule has 2 aliphatic carbocycles. The lowest BCUT2D eigenvalue weighted by molar-refractivity contribution is -0.137. The number of carbonyl (C=O) groups excluding carboxylic acids is 3. The number of hydrogen-bond acceptors (Lipinski definition) is 4. The molecule has 0 unspecified atom stereocenters. The Hall–Kier alpha value is -3.89. The van der Waals surface area contributed by atoms with Gasteiger partial charge in [0.2, 0.25) is 11.6 Å². The molecule has 0 heterocycles. The van der Waals surface area contributed by atoms with Gasteiger partial charge in [0.15, 0.2) is 5.78 Å². The summed E-state index contributed by atoms with van der Waals surface area (Å²) < 4.78 is 0. The molecule has 0 aromatic carbocycles. The van der Waals surface area contributed by atoms with Gasteiger partial charge in [-0.2, -0.15) is 0 Å². The van der Waals surface area contributed by atoms with Crippen LogP contribution in [0.4, 0.5) is 0 Å². The van der Waals surface area contributed by atoms with Crippen LogP contribution in [-0.2, 0) is 14.4 Å². The van der Waals surface area contributed by atoms with Crippen LogP contribution >= 0.6 is 0 Å². The Labute approximate surface area is 252 Å². The zero-order valence-electron chi connectivity index (χ0n) is 26.8. The second-order valence-corrected chi connectivity index (χ2v) is 12.3. The summed E-state index contributed by atoms with van der Waals surface area (Å²) in [6, 6.07) is 0. The molecule has 1 atom stereocenters. The summed E-state index contributed by atoms with van der Waals surface area (Å²) in [5.74, 6) is -0.916. The maximum absolute atomic E-state index is 12.2. The third-order valence-corrected chi connectivity index (χ3v) is 7.88. The number of aliphatic hydroxyl groups excluding tert-OH is 1. The Balaban J connectivity index is 1.93. The van der Waals surface area contributed by atoms with E-state index in [0.29, 0.717) is 11.1 Å². The molecule has 0 aromatic heterocycles. The molecule has 0 spiro atoms. The van der Waals surface area contributed by atoms with E-state index in [4.69, 9.17) is 0 Å². The first kappa shape index (κ1) is 34.3. The van der Waals surface area contributed by atoms with E-state index in [0.717, 1.165) is 33.4 Å². The Kier molecular flexibility index (Phi) is 11.7. The first-order chi connectivity index (χ1) is 19.5. The highest BCUT2D eigenvalue weighted by Gasteiger charge is 2.44. The van der Waals surface area contributed by atoms with Crippen molar-refractivity contribution in [3.63, 3.8) is 0 Å². The average Bonchev–Trinajstić information content (AvgIpc) is 3.16. The smallest absolute Gasteiger partial charge is 0.225 e. The van der Waals surface area contributed by atoms with Crippen LogP contribution in [0.3, 0.4) is 0 Å². The van der Waals surface area contributed by atoms with Crippen LogP contribution in [0.25, 0.3) is 0 Å². The fourth-order valence-corrected chi connectivity index (χ4v) is 4.91. The predicted molar refractivity (Wildman–Crippen MR) is 175 cm³/mol. The van der Waals surface area contributed by atoms with E-state index in [1.165, 1.54) is 0 Å². The van der Waals surface area contributed by atoms with Gasteiger partial charge in [0.1, 0.15) is 6.10 Å². The number of ketones is 3. The molecule has 0 saturated heterocycles. The average molecular weight is 567 g/mol. The van der Waals surface area contributed by atoms with Crippen molar-refractivity contribution in [1.82, 2.24) is 0 Å². The van der Waals surface area contributed by atoms with E-state index < -0.39 is 16.9 Å². The molecule has 4 nitrogen and oxygen atoms in total. The molecule has 2 aliphatic rings. The second kappa shape index (κ2) is 14.3. The molecule has 0 bridgehead atoms. The lowest BCUT2D eigenvalue weighted by Crippen LogP contribution is -2.30. The van der Waals surface area contributed by atoms with E-state index in [9.17, 15) is 19.5 Å². The first-order valence-electron chi connectivity index (χ1n) is 14.3. The molecule has 0 aliphatic heterocycles. The standard InChI is InChI=1S/C38H46O4/c1-25(17-13-19-27(3)21-23-31-29(5)33(39)35(41)37(31,7)8)15-11-12-16-26(2)18-14-20-28(4)22-24-32-30(6)34(40)36(42)38(32,9)10/h11-24,35,41H,1-10H3/b12-11+,17-13+,18-14+,23-21+,24-22+,25-15+,26-16+,27-19+,28-20+/t35-/m0/s1. The maximum Gasteiger partial charge on any atom is 0.225 e. The van der Waals surface area contributed by atoms with Gasteiger partial charge < -0.3 is 5.11 Å². The zero-order chi connectivity index (χ0) is 31.8. The summed E-state index contributed by atoms with van der Waals surface area (Å²) in [4.78, 5) is 36.3. The van der Waals surface area contributed by atoms with Crippen molar-refractivity contribution in [3.05, 3.63) is 130 Å². The number of hydrogen-bond donors (Lipinski definition) is 1. The van der Waals surface area contributed by atoms with Gasteiger partial charge in [-0.25, -0.2) is 0 Å². The van der Waals surface area contributed by atoms with Gasteiger partial charge in [-0.3, -0.25) is 14.4 Å². The zero-order valence-corrected chi connectivity index (χ0v) is 26.8. The molecule has 1 N–H and O–H groups in total. The summed E-state index contributed by atoms with van der Waals surface area (Å²) in [5.41, 5.74) is 5.76. The van der Waals surface area contributed by atoms with Crippen LogP contribution in [0.2, 0.25) is 0 Å². The van der Waals surface area contributed by atoms with Crippen molar-refractivity contribution in [3.8, 4) is 0 Å². The van der Waals surface area contributed by atoms with Crippen molar-refractivity contribution >= 4 is 17.3 Å². The predicted octanol–water partition coefficient (Wildman–Crippen LogP) is 8.33. The van der Waals surface area contributed by atoms with Gasteiger partial charge in [-0.1, -0.05) is 121 Å². The summed E-state index contributed by atoms with van der Waals surface area (Å²) >= 11 is 0. The van der Waals surface area contributed by atoms with E-state index in [1.54, 1.807) is 27.7 Å². The summed E-state index contributed by atoms with van der Waals surface area (Å²) in [6.45, 7) is 18.9. The number of aliphatic hydroxyl groups is 1. The molecule has 0 fully saturated rings. The van der Waals surface area contributed by atoms with Crippen molar-refractivity contribution < 1.29 is 19.5 Å². The fraction of sp³-hybridized carbons (Fsp3) is 0.342. The van der Waals surface area contributed by atoms with E-state index in [2.05, 4.69) is 0 Å². The third kappa shape index (κ3) is 8.33. The van der Waals surface area contributed by atoms with Gasteiger partial charge in [0.25, 0.3) is 0 Å². The van der Waals surface area contributed by atoms with E-state index in [-0.39, 0.29) is 17.3 Å². The molecule has 0 aromatic rings. The van der Waals surface area contributed by atoms with Crippen molar-refractivity contribution in [1.29, 1.82) is 0 Å². The maximum atomic E-state index is 12.2. The largest absolute Gasteiger partial charge is 0.384 e. The van der Waals surface area contributed by atoms with Gasteiger partial charge in [-0.15, -0.1) is 0 Å². The lowest BCUT2D eigenvalue weighted by Gasteiger charge is -2.24. The molecule has 222 valence electrons. The Morgan fingerprint density at radius 2 is 1.02 bits per heavy atom. The van der Waals surface area contributed by atoms with Gasteiger partial charge >= 0.3 is 0 Å². The normalized spacial score (nSPS) is 22.8. The highest BCUT2D eigenvalue weighted by atomic mass is 16.3. The highest BCUT2D eigenvalue weighted by molar-refractivity contribution is 6.48. The van der Waals surface area contributed by atoms with Gasteiger partial charge in [0.05, 0.1) is 5.41 Å². The molecule has 4 heteroatoms. The minimum Gasteiger partial charge on any atom is -0.384 e. The van der Waals surface area contributed by atoms with Crippen LogP contribution in [-0.4, -0.2) is 28.6 Å². The van der Waals surface area contributed by atoms with E-state index in [1.807, 2.05) is 127 Å². The van der Waals surface area contributed by atoms with Crippen molar-refractivity contribution in [2.75, 3.05) is 0 Å². The fourth-order valence-electron chi connectivity index (χ4n) is 4.91. The van der Waals surface area contributed by atoms with Crippen LogP contribution in [0, 0.1) is 10.8 Å². The summed E-state index contributed by atoms with van der Waals surface area (Å²) in [5, 5.41) is 10.2. The molecule has 0 radical (unpaired) electrons. The Morgan fingerprint density at radius 1 is 0.619 bits per heavy atom. The van der Waals surface area contributed by atoms with E-state index >= 15 is 0 Å². The molecule has 42 heavy (non-hydrogen) atoms. The van der Waals surface area contributed by atoms with Gasteiger partial charge in [-0.05, 0) is 72.1 Å². The molecule has 0 saturated carbocycles. The quantitative estimate of drug-likeness (QED) is 0.213. The first-order valence-corrected chi connectivity index (χ1v) is 14.3. The SMILES string of the molecule is CC1=C(/C=C/C(C)=C/C=C/C(C)=C/C=C/C=C(C)/C=C/C=C(C)/C=C/C2=C(C)C(=O)[C@H](O)C2(C)C)C(C)(C)C(=O)C1=O. The number of Topliss-reactive ketones (excluding diaryl/α,β-unsaturated/α-hetero) is 3. The second-order valence-electron chi connectivity index (χ2n) is 12.3. The number of carbonyl (C=O) groups is 3. The van der Waals surface area contributed by atoms with Gasteiger partial charge in [0, 0.05) is 11.0 Å². The van der Waals surface area contributed by atoms with Crippen LogP contribution in [0.15, 0.2) is 130 Å². The minimum absolute atomic E-state index is 0.191. The number of rotatable bonds is 10. The molecular formula is C38H46O4. The lowest BCUT2D eigenvalue weighted by atomic mass is 9.83. The Morgan fingerprint density at radius 3 is 1.40 bits per heavy atom. The topological polar surface area (TPSA) is 71.4 Å². The molecule has 2 rings (SSSR count). The molecular weight excluding hydrogens is 520 g/mol. The van der Waals surface area contributed by atoms with Crippen LogP contribution < -0.4 is 0 Å². The van der Waals surface area contributed by atoms with Crippen LogP contribution in [0.1, 0.15) is 69.2 Å². The summed E-state index contributed by atoms with van der Waals surface area (Å²) in [6.07, 6.45) is 26.9. The van der Waals surface area contributed by atoms with Crippen molar-refractivity contribution in [2.24, 2.45) is 10.8 Å². The minimum atomic E-state index is -0.980. The van der Waals surface area contributed by atoms with Crippen molar-refractivity contribution in [2.45, 2.75) is 75.3 Å².